The lowest BCUT2D eigenvalue weighted by atomic mass is 9.95. The Bertz CT molecular complexity index is 152. The fraction of sp³-hybridized carbons (Fsp3) is 1.00. The van der Waals surface area contributed by atoms with Gasteiger partial charge in [-0.1, -0.05) is 0 Å². The summed E-state index contributed by atoms with van der Waals surface area (Å²) in [6.45, 7) is 3.51. The molecule has 5 heteroatoms. The fourth-order valence-corrected chi connectivity index (χ4v) is 1.76. The van der Waals surface area contributed by atoms with Gasteiger partial charge in [0.15, 0.2) is 0 Å². The Balaban J connectivity index is 2.15. The Morgan fingerprint density at radius 1 is 1.53 bits per heavy atom. The van der Waals surface area contributed by atoms with Gasteiger partial charge in [0, 0.05) is 25.7 Å². The van der Waals surface area contributed by atoms with Crippen LogP contribution < -0.4 is 11.3 Å². The van der Waals surface area contributed by atoms with Gasteiger partial charge in [0.1, 0.15) is 0 Å². The quantitative estimate of drug-likeness (QED) is 0.355. The zero-order valence-electron chi connectivity index (χ0n) is 9.41. The maximum absolute atomic E-state index is 5.50. The van der Waals surface area contributed by atoms with Crippen molar-refractivity contribution in [2.45, 2.75) is 18.9 Å². The van der Waals surface area contributed by atoms with E-state index in [-0.39, 0.29) is 6.04 Å². The first-order chi connectivity index (χ1) is 7.38. The summed E-state index contributed by atoms with van der Waals surface area (Å²) in [6.07, 6.45) is 2.27. The molecular weight excluding hydrogens is 196 g/mol. The van der Waals surface area contributed by atoms with Crippen LogP contribution >= 0.6 is 0 Å². The second-order valence-corrected chi connectivity index (χ2v) is 3.82. The van der Waals surface area contributed by atoms with Gasteiger partial charge in [0.05, 0.1) is 26.4 Å². The summed E-state index contributed by atoms with van der Waals surface area (Å²) in [5.74, 6) is 5.97. The average Bonchev–Trinajstić information content (AvgIpc) is 2.30. The summed E-state index contributed by atoms with van der Waals surface area (Å²) in [5.41, 5.74) is 2.80. The van der Waals surface area contributed by atoms with Gasteiger partial charge in [-0.2, -0.15) is 0 Å². The lowest BCUT2D eigenvalue weighted by Gasteiger charge is -2.29. The van der Waals surface area contributed by atoms with Crippen LogP contribution in [0.3, 0.4) is 0 Å². The SMILES string of the molecule is COCCOCC(NN)C1CCCOC1. The van der Waals surface area contributed by atoms with Crippen molar-refractivity contribution in [1.82, 2.24) is 5.43 Å². The Labute approximate surface area is 91.2 Å². The van der Waals surface area contributed by atoms with Gasteiger partial charge in [-0.3, -0.25) is 11.3 Å². The normalized spacial score (nSPS) is 24.0. The van der Waals surface area contributed by atoms with Crippen molar-refractivity contribution in [3.8, 4) is 0 Å². The number of hydrogen-bond acceptors (Lipinski definition) is 5. The Morgan fingerprint density at radius 3 is 3.00 bits per heavy atom. The molecule has 1 heterocycles. The first-order valence-electron chi connectivity index (χ1n) is 5.49. The van der Waals surface area contributed by atoms with E-state index in [1.165, 1.54) is 0 Å². The number of hydrogen-bond donors (Lipinski definition) is 2. The summed E-state index contributed by atoms with van der Waals surface area (Å²) < 4.78 is 15.8. The van der Waals surface area contributed by atoms with E-state index in [0.29, 0.717) is 25.7 Å². The minimum atomic E-state index is 0.183. The van der Waals surface area contributed by atoms with Crippen LogP contribution in [0.4, 0.5) is 0 Å². The third kappa shape index (κ3) is 4.90. The highest BCUT2D eigenvalue weighted by molar-refractivity contribution is 4.76. The van der Waals surface area contributed by atoms with Crippen molar-refractivity contribution < 1.29 is 14.2 Å². The van der Waals surface area contributed by atoms with Crippen molar-refractivity contribution >= 4 is 0 Å². The molecule has 2 atom stereocenters. The molecule has 0 saturated carbocycles. The van der Waals surface area contributed by atoms with Crippen LogP contribution in [-0.4, -0.2) is 46.2 Å². The van der Waals surface area contributed by atoms with Crippen molar-refractivity contribution in [3.05, 3.63) is 0 Å². The third-order valence-corrected chi connectivity index (χ3v) is 2.71. The van der Waals surface area contributed by atoms with Gasteiger partial charge in [-0.05, 0) is 12.8 Å². The maximum Gasteiger partial charge on any atom is 0.0701 e. The summed E-state index contributed by atoms with van der Waals surface area (Å²) >= 11 is 0. The molecule has 1 aliphatic rings. The molecule has 0 amide bonds. The van der Waals surface area contributed by atoms with Crippen LogP contribution in [0.5, 0.6) is 0 Å². The Kier molecular flexibility index (Phi) is 6.87. The summed E-state index contributed by atoms with van der Waals surface area (Å²) in [4.78, 5) is 0. The molecule has 0 aromatic heterocycles. The number of nitrogens with one attached hydrogen (secondary N) is 1. The second kappa shape index (κ2) is 8.01. The van der Waals surface area contributed by atoms with Gasteiger partial charge in [-0.15, -0.1) is 0 Å². The van der Waals surface area contributed by atoms with Crippen molar-refractivity contribution in [3.63, 3.8) is 0 Å². The molecule has 0 aromatic carbocycles. The zero-order chi connectivity index (χ0) is 10.9. The van der Waals surface area contributed by atoms with E-state index in [2.05, 4.69) is 5.43 Å². The highest BCUT2D eigenvalue weighted by atomic mass is 16.5. The number of hydrazine groups is 1. The van der Waals surface area contributed by atoms with Crippen LogP contribution in [0.15, 0.2) is 0 Å². The molecule has 0 spiro atoms. The van der Waals surface area contributed by atoms with Crippen LogP contribution in [-0.2, 0) is 14.2 Å². The van der Waals surface area contributed by atoms with Gasteiger partial charge in [0.2, 0.25) is 0 Å². The van der Waals surface area contributed by atoms with Gasteiger partial charge < -0.3 is 14.2 Å². The van der Waals surface area contributed by atoms with Crippen molar-refractivity contribution in [2.24, 2.45) is 11.8 Å². The minimum Gasteiger partial charge on any atom is -0.382 e. The number of rotatable bonds is 7. The van der Waals surface area contributed by atoms with E-state index in [1.807, 2.05) is 0 Å². The molecule has 1 rings (SSSR count). The first-order valence-corrected chi connectivity index (χ1v) is 5.49. The molecule has 0 aromatic rings. The molecule has 0 aliphatic carbocycles. The van der Waals surface area contributed by atoms with Crippen molar-refractivity contribution in [1.29, 1.82) is 0 Å². The summed E-state index contributed by atoms with van der Waals surface area (Å²) in [6, 6.07) is 0.183. The van der Waals surface area contributed by atoms with E-state index < -0.39 is 0 Å². The first kappa shape index (κ1) is 12.9. The van der Waals surface area contributed by atoms with E-state index in [0.717, 1.165) is 26.1 Å². The highest BCUT2D eigenvalue weighted by Gasteiger charge is 2.23. The number of methoxy groups -OCH3 is 1. The lowest BCUT2D eigenvalue weighted by molar-refractivity contribution is 0.00527. The topological polar surface area (TPSA) is 65.7 Å². The molecule has 3 N–H and O–H groups in total. The molecular formula is C10H22N2O3. The Hall–Kier alpha value is -0.200. The highest BCUT2D eigenvalue weighted by Crippen LogP contribution is 2.17. The molecule has 5 nitrogen and oxygen atoms in total. The second-order valence-electron chi connectivity index (χ2n) is 3.82. The molecule has 1 saturated heterocycles. The average molecular weight is 218 g/mol. The van der Waals surface area contributed by atoms with Crippen LogP contribution in [0.25, 0.3) is 0 Å². The standard InChI is InChI=1S/C10H22N2O3/c1-13-5-6-15-8-10(12-11)9-3-2-4-14-7-9/h9-10,12H,2-8,11H2,1H3. The molecule has 2 unspecified atom stereocenters. The van der Waals surface area contributed by atoms with Crippen LogP contribution in [0.1, 0.15) is 12.8 Å². The summed E-state index contributed by atoms with van der Waals surface area (Å²) in [5, 5.41) is 0. The number of ether oxygens (including phenoxy) is 3. The van der Waals surface area contributed by atoms with Gasteiger partial charge in [0.25, 0.3) is 0 Å². The lowest BCUT2D eigenvalue weighted by Crippen LogP contribution is -2.47. The predicted octanol–water partition coefficient (Wildman–Crippen LogP) is -0.0921. The van der Waals surface area contributed by atoms with E-state index in [1.54, 1.807) is 7.11 Å². The van der Waals surface area contributed by atoms with Crippen molar-refractivity contribution in [2.75, 3.05) is 40.1 Å². The van der Waals surface area contributed by atoms with E-state index in [4.69, 9.17) is 20.1 Å². The molecule has 0 bridgehead atoms. The molecule has 1 fully saturated rings. The number of nitrogens with two attached hydrogens (primary N) is 1. The van der Waals surface area contributed by atoms with E-state index >= 15 is 0 Å². The maximum atomic E-state index is 5.50. The zero-order valence-corrected chi connectivity index (χ0v) is 9.41. The molecule has 90 valence electrons. The van der Waals surface area contributed by atoms with Crippen LogP contribution in [0, 0.1) is 5.92 Å². The van der Waals surface area contributed by atoms with Gasteiger partial charge in [-0.25, -0.2) is 0 Å². The molecule has 1 aliphatic heterocycles. The van der Waals surface area contributed by atoms with Gasteiger partial charge >= 0.3 is 0 Å². The monoisotopic (exact) mass is 218 g/mol. The fourth-order valence-electron chi connectivity index (χ4n) is 1.76. The smallest absolute Gasteiger partial charge is 0.0701 e. The Morgan fingerprint density at radius 2 is 2.40 bits per heavy atom. The molecule has 0 radical (unpaired) electrons. The largest absolute Gasteiger partial charge is 0.382 e. The summed E-state index contributed by atoms with van der Waals surface area (Å²) in [7, 11) is 1.66. The minimum absolute atomic E-state index is 0.183. The van der Waals surface area contributed by atoms with E-state index in [9.17, 15) is 0 Å². The third-order valence-electron chi connectivity index (χ3n) is 2.71. The predicted molar refractivity (Wildman–Crippen MR) is 57.3 cm³/mol. The van der Waals surface area contributed by atoms with Crippen LogP contribution in [0.2, 0.25) is 0 Å². The molecule has 15 heavy (non-hydrogen) atoms.